The Bertz CT molecular complexity index is 533. The Morgan fingerprint density at radius 3 is 2.53 bits per heavy atom. The van der Waals surface area contributed by atoms with Crippen LogP contribution in [-0.2, 0) is 9.59 Å². The van der Waals surface area contributed by atoms with Gasteiger partial charge in [-0.1, -0.05) is 0 Å². The van der Waals surface area contributed by atoms with E-state index in [0.29, 0.717) is 0 Å². The summed E-state index contributed by atoms with van der Waals surface area (Å²) in [5, 5.41) is 10.8. The maximum Gasteiger partial charge on any atom is 0.335 e. The van der Waals surface area contributed by atoms with Crippen molar-refractivity contribution in [1.29, 1.82) is 0 Å². The second kappa shape index (κ2) is 5.91. The number of carbonyl (C=O) groups excluding carboxylic acids is 2. The lowest BCUT2D eigenvalue weighted by Gasteiger charge is -2.11. The molecule has 1 unspecified atom stereocenters. The predicted molar refractivity (Wildman–Crippen MR) is 63.8 cm³/mol. The van der Waals surface area contributed by atoms with Crippen LogP contribution in [0.15, 0.2) is 18.2 Å². The van der Waals surface area contributed by atoms with E-state index in [2.05, 4.69) is 5.32 Å². The van der Waals surface area contributed by atoms with E-state index < -0.39 is 36.1 Å². The summed E-state index contributed by atoms with van der Waals surface area (Å²) in [5.41, 5.74) is 9.71. The van der Waals surface area contributed by atoms with Gasteiger partial charge in [0.25, 0.3) is 0 Å². The molecule has 2 amide bonds. The lowest BCUT2D eigenvalue weighted by Crippen LogP contribution is -2.39. The van der Waals surface area contributed by atoms with E-state index >= 15 is 0 Å². The third-order valence-electron chi connectivity index (χ3n) is 2.23. The highest BCUT2D eigenvalue weighted by atomic mass is 19.1. The van der Waals surface area contributed by atoms with E-state index in [0.717, 1.165) is 18.2 Å². The highest BCUT2D eigenvalue weighted by molar-refractivity contribution is 5.98. The van der Waals surface area contributed by atoms with Crippen LogP contribution in [-0.4, -0.2) is 28.9 Å². The zero-order valence-electron chi connectivity index (χ0n) is 9.72. The number of nitrogens with one attached hydrogen (secondary N) is 1. The number of carboxylic acids is 1. The molecule has 0 fully saturated rings. The molecule has 6 N–H and O–H groups in total. The Morgan fingerprint density at radius 2 is 2.00 bits per heavy atom. The molecule has 0 bridgehead atoms. The fourth-order valence-corrected chi connectivity index (χ4v) is 1.29. The smallest absolute Gasteiger partial charge is 0.335 e. The molecule has 0 aliphatic rings. The second-order valence-corrected chi connectivity index (χ2v) is 3.77. The fraction of sp³-hybridized carbons (Fsp3) is 0.182. The Kier molecular flexibility index (Phi) is 4.54. The van der Waals surface area contributed by atoms with Crippen molar-refractivity contribution >= 4 is 23.5 Å². The summed E-state index contributed by atoms with van der Waals surface area (Å²) < 4.78 is 13.4. The quantitative estimate of drug-likeness (QED) is 0.580. The van der Waals surface area contributed by atoms with Crippen molar-refractivity contribution in [2.75, 3.05) is 5.32 Å². The first-order valence-corrected chi connectivity index (χ1v) is 5.19. The van der Waals surface area contributed by atoms with Crippen LogP contribution in [0.3, 0.4) is 0 Å². The minimum Gasteiger partial charge on any atom is -0.478 e. The van der Waals surface area contributed by atoms with Gasteiger partial charge in [0.15, 0.2) is 0 Å². The lowest BCUT2D eigenvalue weighted by molar-refractivity contribution is -0.123. The first kappa shape index (κ1) is 14.6. The molecule has 1 aromatic rings. The average molecular weight is 269 g/mol. The number of carbonyl (C=O) groups is 3. The van der Waals surface area contributed by atoms with Gasteiger partial charge in [0, 0.05) is 0 Å². The molecule has 102 valence electrons. The molecule has 0 aromatic heterocycles. The van der Waals surface area contributed by atoms with E-state index in [9.17, 15) is 18.8 Å². The maximum absolute atomic E-state index is 13.4. The molecule has 8 heteroatoms. The van der Waals surface area contributed by atoms with Gasteiger partial charge in [-0.2, -0.15) is 0 Å². The van der Waals surface area contributed by atoms with Crippen LogP contribution in [0.1, 0.15) is 16.8 Å². The van der Waals surface area contributed by atoms with Gasteiger partial charge < -0.3 is 21.9 Å². The first-order valence-electron chi connectivity index (χ1n) is 5.19. The Balaban J connectivity index is 2.86. The molecule has 0 aliphatic carbocycles. The number of carboxylic acid groups (broad SMARTS) is 1. The summed E-state index contributed by atoms with van der Waals surface area (Å²) in [7, 11) is 0. The van der Waals surface area contributed by atoms with Crippen LogP contribution >= 0.6 is 0 Å². The minimum atomic E-state index is -1.27. The SMILES string of the molecule is NC(=O)CC(N)C(=O)Nc1cc(C(=O)O)ccc1F. The molecule has 1 atom stereocenters. The number of benzene rings is 1. The van der Waals surface area contributed by atoms with Crippen molar-refractivity contribution < 1.29 is 23.9 Å². The number of halogens is 1. The van der Waals surface area contributed by atoms with E-state index in [1.165, 1.54) is 0 Å². The highest BCUT2D eigenvalue weighted by Crippen LogP contribution is 2.16. The number of nitrogens with two attached hydrogens (primary N) is 2. The van der Waals surface area contributed by atoms with Crippen LogP contribution in [0.2, 0.25) is 0 Å². The summed E-state index contributed by atoms with van der Waals surface area (Å²) in [6.07, 6.45) is -0.397. The van der Waals surface area contributed by atoms with Gasteiger partial charge in [-0.15, -0.1) is 0 Å². The Morgan fingerprint density at radius 1 is 1.37 bits per heavy atom. The van der Waals surface area contributed by atoms with Crippen molar-refractivity contribution in [2.45, 2.75) is 12.5 Å². The average Bonchev–Trinajstić information content (AvgIpc) is 2.30. The first-order chi connectivity index (χ1) is 8.81. The molecule has 0 saturated heterocycles. The van der Waals surface area contributed by atoms with Gasteiger partial charge in [-0.05, 0) is 18.2 Å². The summed E-state index contributed by atoms with van der Waals surface area (Å²) >= 11 is 0. The third-order valence-corrected chi connectivity index (χ3v) is 2.23. The van der Waals surface area contributed by atoms with Gasteiger partial charge in [-0.3, -0.25) is 9.59 Å². The van der Waals surface area contributed by atoms with Gasteiger partial charge >= 0.3 is 5.97 Å². The molecular formula is C11H12FN3O4. The second-order valence-electron chi connectivity index (χ2n) is 3.77. The van der Waals surface area contributed by atoms with E-state index in [4.69, 9.17) is 16.6 Å². The largest absolute Gasteiger partial charge is 0.478 e. The van der Waals surface area contributed by atoms with Crippen LogP contribution in [0.25, 0.3) is 0 Å². The Hall–Kier alpha value is -2.48. The van der Waals surface area contributed by atoms with Gasteiger partial charge in [-0.25, -0.2) is 9.18 Å². The van der Waals surface area contributed by atoms with E-state index in [1.54, 1.807) is 0 Å². The molecule has 0 heterocycles. The summed E-state index contributed by atoms with van der Waals surface area (Å²) in [4.78, 5) is 32.8. The van der Waals surface area contributed by atoms with Crippen LogP contribution in [0.5, 0.6) is 0 Å². The molecule has 0 aliphatic heterocycles. The zero-order chi connectivity index (χ0) is 14.6. The van der Waals surface area contributed by atoms with Gasteiger partial charge in [0.2, 0.25) is 11.8 Å². The number of anilines is 1. The van der Waals surface area contributed by atoms with Crippen molar-refractivity contribution in [2.24, 2.45) is 11.5 Å². The molecule has 0 radical (unpaired) electrons. The normalized spacial score (nSPS) is 11.7. The predicted octanol–water partition coefficient (Wildman–Crippen LogP) is -0.335. The molecule has 1 aromatic carbocycles. The number of primary amides is 1. The Labute approximate surface area is 107 Å². The summed E-state index contributed by atoms with van der Waals surface area (Å²) in [6.45, 7) is 0. The van der Waals surface area contributed by atoms with Crippen molar-refractivity contribution in [3.8, 4) is 0 Å². The number of aromatic carboxylic acids is 1. The van der Waals surface area contributed by atoms with Gasteiger partial charge in [0.1, 0.15) is 5.82 Å². The molecule has 0 spiro atoms. The standard InChI is InChI=1S/C11H12FN3O4/c12-6-2-1-5(11(18)19)3-8(6)15-10(17)7(13)4-9(14)16/h1-3,7H,4,13H2,(H2,14,16)(H,15,17)(H,18,19). The summed E-state index contributed by atoms with van der Waals surface area (Å²) in [5.74, 6) is -3.69. The molecule has 7 nitrogen and oxygen atoms in total. The molecular weight excluding hydrogens is 257 g/mol. The van der Waals surface area contributed by atoms with Crippen molar-refractivity contribution in [1.82, 2.24) is 0 Å². The number of hydrogen-bond donors (Lipinski definition) is 4. The molecule has 0 saturated carbocycles. The van der Waals surface area contributed by atoms with E-state index in [1.807, 2.05) is 0 Å². The van der Waals surface area contributed by atoms with Crippen LogP contribution in [0.4, 0.5) is 10.1 Å². The summed E-state index contributed by atoms with van der Waals surface area (Å²) in [6, 6.07) is 1.67. The minimum absolute atomic E-state index is 0.194. The van der Waals surface area contributed by atoms with E-state index in [-0.39, 0.29) is 11.3 Å². The third kappa shape index (κ3) is 4.03. The fourth-order valence-electron chi connectivity index (χ4n) is 1.29. The van der Waals surface area contributed by atoms with Crippen LogP contribution < -0.4 is 16.8 Å². The number of hydrogen-bond acceptors (Lipinski definition) is 4. The topological polar surface area (TPSA) is 136 Å². The zero-order valence-corrected chi connectivity index (χ0v) is 9.72. The van der Waals surface area contributed by atoms with Crippen molar-refractivity contribution in [3.63, 3.8) is 0 Å². The number of rotatable bonds is 5. The molecule has 1 rings (SSSR count). The number of amides is 2. The maximum atomic E-state index is 13.4. The van der Waals surface area contributed by atoms with Crippen LogP contribution in [0, 0.1) is 5.82 Å². The van der Waals surface area contributed by atoms with Crippen molar-refractivity contribution in [3.05, 3.63) is 29.6 Å². The monoisotopic (exact) mass is 269 g/mol. The highest BCUT2D eigenvalue weighted by Gasteiger charge is 2.18. The molecule has 19 heavy (non-hydrogen) atoms. The lowest BCUT2D eigenvalue weighted by atomic mass is 10.1. The van der Waals surface area contributed by atoms with Gasteiger partial charge in [0.05, 0.1) is 23.7 Å².